The van der Waals surface area contributed by atoms with Gasteiger partial charge in [0.2, 0.25) is 15.9 Å². The number of sulfonamides is 2. The summed E-state index contributed by atoms with van der Waals surface area (Å²) in [4.78, 5) is 12.8. The molecule has 1 aliphatic heterocycles. The Morgan fingerprint density at radius 2 is 1.45 bits per heavy atom. The summed E-state index contributed by atoms with van der Waals surface area (Å²) in [5.74, 6) is -0.775. The van der Waals surface area contributed by atoms with Crippen LogP contribution in [-0.2, 0) is 30.6 Å². The van der Waals surface area contributed by atoms with Gasteiger partial charge in [0, 0.05) is 39.8 Å². The molecule has 1 fully saturated rings. The lowest BCUT2D eigenvalue weighted by Crippen LogP contribution is -2.41. The highest BCUT2D eigenvalue weighted by Crippen LogP contribution is 2.26. The Morgan fingerprint density at radius 3 is 2.05 bits per heavy atom. The van der Waals surface area contributed by atoms with Crippen molar-refractivity contribution in [3.63, 3.8) is 0 Å². The highest BCUT2D eigenvalue weighted by Gasteiger charge is 2.31. The molecule has 0 radical (unpaired) electrons. The van der Waals surface area contributed by atoms with E-state index in [1.54, 1.807) is 24.3 Å². The summed E-state index contributed by atoms with van der Waals surface area (Å²) in [6.07, 6.45) is 0.748. The van der Waals surface area contributed by atoms with E-state index in [9.17, 15) is 21.6 Å². The second-order valence-corrected chi connectivity index (χ2v) is 13.8. The van der Waals surface area contributed by atoms with E-state index < -0.39 is 20.0 Å². The summed E-state index contributed by atoms with van der Waals surface area (Å²) in [7, 11) is -7.45. The minimum Gasteiger partial charge on any atom is -0.326 e. The molecule has 3 aromatic rings. The van der Waals surface area contributed by atoms with Crippen LogP contribution in [0.25, 0.3) is 0 Å². The fourth-order valence-electron chi connectivity index (χ4n) is 4.11. The largest absolute Gasteiger partial charge is 0.326 e. The minimum atomic E-state index is -3.91. The monoisotopic (exact) mass is 615 g/mol. The van der Waals surface area contributed by atoms with Gasteiger partial charge in [-0.15, -0.1) is 0 Å². The predicted octanol–water partition coefficient (Wildman–Crippen LogP) is 5.63. The Hall–Kier alpha value is -2.34. The second kappa shape index (κ2) is 11.8. The van der Waals surface area contributed by atoms with E-state index in [0.29, 0.717) is 29.1 Å². The number of nitrogens with one attached hydrogen (secondary N) is 2. The van der Waals surface area contributed by atoms with Crippen LogP contribution in [0.4, 0.5) is 11.4 Å². The molecule has 13 heteroatoms. The number of hydrogen-bond donors (Lipinski definition) is 2. The van der Waals surface area contributed by atoms with Gasteiger partial charge >= 0.3 is 0 Å². The number of carbonyl (C=O) groups is 1. The molecule has 0 aliphatic carbocycles. The van der Waals surface area contributed by atoms with Crippen LogP contribution < -0.4 is 10.0 Å². The van der Waals surface area contributed by atoms with Crippen molar-refractivity contribution in [1.82, 2.24) is 4.31 Å². The maximum atomic E-state index is 12.8. The van der Waals surface area contributed by atoms with Gasteiger partial charge in [-0.2, -0.15) is 0 Å². The maximum Gasteiger partial charge on any atom is 0.261 e. The van der Waals surface area contributed by atoms with Gasteiger partial charge in [0.25, 0.3) is 10.0 Å². The van der Waals surface area contributed by atoms with Crippen LogP contribution in [-0.4, -0.2) is 40.1 Å². The molecular weight excluding hydrogens is 593 g/mol. The molecule has 4 rings (SSSR count). The van der Waals surface area contributed by atoms with Crippen molar-refractivity contribution >= 4 is 72.1 Å². The van der Waals surface area contributed by atoms with E-state index in [4.69, 9.17) is 34.8 Å². The molecule has 0 atom stereocenters. The van der Waals surface area contributed by atoms with Gasteiger partial charge in [0.15, 0.2) is 0 Å². The maximum absolute atomic E-state index is 12.8. The molecule has 1 heterocycles. The van der Waals surface area contributed by atoms with E-state index >= 15 is 0 Å². The summed E-state index contributed by atoms with van der Waals surface area (Å²) in [6.45, 7) is 0.467. The first-order valence-electron chi connectivity index (χ1n) is 11.5. The standard InChI is InChI=1S/C25H24Cl3N3O5S2/c26-19-3-1-2-17(12-19)16-37(33,34)31-10-8-18(9-11-31)25(32)29-22-4-6-24(7-5-22)38(35,36)30-23-14-20(27)13-21(28)15-23/h1-7,12-15,18,30H,8-11,16H2,(H,29,32). The van der Waals surface area contributed by atoms with Crippen LogP contribution in [0.2, 0.25) is 15.1 Å². The van der Waals surface area contributed by atoms with Crippen LogP contribution in [0, 0.1) is 5.92 Å². The molecule has 2 N–H and O–H groups in total. The highest BCUT2D eigenvalue weighted by atomic mass is 35.5. The topological polar surface area (TPSA) is 113 Å². The minimum absolute atomic E-state index is 0.00943. The number of piperidine rings is 1. The zero-order valence-corrected chi connectivity index (χ0v) is 23.8. The third kappa shape index (κ3) is 7.40. The van der Waals surface area contributed by atoms with Crippen molar-refractivity contribution < 1.29 is 21.6 Å². The van der Waals surface area contributed by atoms with Crippen molar-refractivity contribution in [2.75, 3.05) is 23.1 Å². The number of anilines is 2. The molecule has 1 amide bonds. The second-order valence-electron chi connectivity index (χ2n) is 8.84. The van der Waals surface area contributed by atoms with Gasteiger partial charge in [-0.25, -0.2) is 21.1 Å². The number of amides is 1. The Bertz CT molecular complexity index is 1520. The quantitative estimate of drug-likeness (QED) is 0.341. The first-order chi connectivity index (χ1) is 17.9. The zero-order valence-electron chi connectivity index (χ0n) is 19.9. The lowest BCUT2D eigenvalue weighted by Gasteiger charge is -2.30. The molecule has 0 unspecified atom stereocenters. The summed E-state index contributed by atoms with van der Waals surface area (Å²) in [6, 6.07) is 16.8. The average Bonchev–Trinajstić information content (AvgIpc) is 2.83. The Labute approximate surface area is 237 Å². The smallest absolute Gasteiger partial charge is 0.261 e. The Balaban J connectivity index is 1.32. The molecule has 1 saturated heterocycles. The lowest BCUT2D eigenvalue weighted by molar-refractivity contribution is -0.120. The highest BCUT2D eigenvalue weighted by molar-refractivity contribution is 7.92. The van der Waals surface area contributed by atoms with Crippen LogP contribution in [0.15, 0.2) is 71.6 Å². The van der Waals surface area contributed by atoms with Gasteiger partial charge in [0.1, 0.15) is 0 Å². The van der Waals surface area contributed by atoms with E-state index in [-0.39, 0.29) is 51.3 Å². The van der Waals surface area contributed by atoms with Crippen molar-refractivity contribution in [3.05, 3.63) is 87.4 Å². The fourth-order valence-corrected chi connectivity index (χ4v) is 7.44. The number of halogens is 3. The molecule has 8 nitrogen and oxygen atoms in total. The molecule has 0 aromatic heterocycles. The fraction of sp³-hybridized carbons (Fsp3) is 0.240. The van der Waals surface area contributed by atoms with E-state index in [0.717, 1.165) is 0 Å². The average molecular weight is 617 g/mol. The zero-order chi connectivity index (χ0) is 27.5. The van der Waals surface area contributed by atoms with Crippen molar-refractivity contribution in [1.29, 1.82) is 0 Å². The first kappa shape index (κ1) is 28.7. The van der Waals surface area contributed by atoms with Crippen LogP contribution in [0.1, 0.15) is 18.4 Å². The third-order valence-electron chi connectivity index (χ3n) is 6.00. The summed E-state index contributed by atoms with van der Waals surface area (Å²) < 4.78 is 54.8. The van der Waals surface area contributed by atoms with E-state index in [2.05, 4.69) is 10.0 Å². The number of hydrogen-bond acceptors (Lipinski definition) is 5. The molecule has 0 saturated carbocycles. The van der Waals surface area contributed by atoms with Crippen molar-refractivity contribution in [2.45, 2.75) is 23.5 Å². The molecular formula is C25H24Cl3N3O5S2. The summed E-state index contributed by atoms with van der Waals surface area (Å²) in [5, 5.41) is 3.84. The Kier molecular flexibility index (Phi) is 8.91. The van der Waals surface area contributed by atoms with Crippen LogP contribution >= 0.6 is 34.8 Å². The number of benzene rings is 3. The van der Waals surface area contributed by atoms with E-state index in [1.807, 2.05) is 0 Å². The number of nitrogens with zero attached hydrogens (tertiary/aromatic N) is 1. The molecule has 0 spiro atoms. The van der Waals surface area contributed by atoms with Gasteiger partial charge in [-0.05, 0) is 73.0 Å². The predicted molar refractivity (Wildman–Crippen MR) is 151 cm³/mol. The summed E-state index contributed by atoms with van der Waals surface area (Å²) >= 11 is 17.8. The molecule has 202 valence electrons. The van der Waals surface area contributed by atoms with Crippen LogP contribution in [0.3, 0.4) is 0 Å². The Morgan fingerprint density at radius 1 is 0.816 bits per heavy atom. The van der Waals surface area contributed by atoms with E-state index in [1.165, 1.54) is 46.8 Å². The third-order valence-corrected chi connectivity index (χ3v) is 9.92. The molecule has 3 aromatic carbocycles. The van der Waals surface area contributed by atoms with Gasteiger partial charge in [0.05, 0.1) is 16.3 Å². The first-order valence-corrected chi connectivity index (χ1v) is 15.8. The lowest BCUT2D eigenvalue weighted by atomic mass is 9.97. The van der Waals surface area contributed by atoms with Gasteiger partial charge in [-0.1, -0.05) is 46.9 Å². The van der Waals surface area contributed by atoms with Gasteiger partial charge < -0.3 is 5.32 Å². The molecule has 1 aliphatic rings. The van der Waals surface area contributed by atoms with Crippen LogP contribution in [0.5, 0.6) is 0 Å². The molecule has 38 heavy (non-hydrogen) atoms. The van der Waals surface area contributed by atoms with Gasteiger partial charge in [-0.3, -0.25) is 9.52 Å². The molecule has 0 bridgehead atoms. The number of carbonyl (C=O) groups excluding carboxylic acids is 1. The van der Waals surface area contributed by atoms with Crippen molar-refractivity contribution in [2.24, 2.45) is 5.92 Å². The summed E-state index contributed by atoms with van der Waals surface area (Å²) in [5.41, 5.74) is 1.26. The number of rotatable bonds is 8. The SMILES string of the molecule is O=C(Nc1ccc(S(=O)(=O)Nc2cc(Cl)cc(Cl)c2)cc1)C1CCN(S(=O)(=O)Cc2cccc(Cl)c2)CC1. The van der Waals surface area contributed by atoms with Crippen molar-refractivity contribution in [3.8, 4) is 0 Å². The normalized spacial score (nSPS) is 15.2.